The van der Waals surface area contributed by atoms with Crippen molar-refractivity contribution in [3.8, 4) is 6.01 Å². The van der Waals surface area contributed by atoms with Gasteiger partial charge in [0.2, 0.25) is 0 Å². The number of ether oxygens (including phenoxy) is 1. The zero-order valence-corrected chi connectivity index (χ0v) is 12.1. The van der Waals surface area contributed by atoms with Gasteiger partial charge in [-0.2, -0.15) is 0 Å². The molecule has 4 heteroatoms. The first kappa shape index (κ1) is 13.6. The van der Waals surface area contributed by atoms with Crippen molar-refractivity contribution in [2.24, 2.45) is 11.8 Å². The van der Waals surface area contributed by atoms with Crippen LogP contribution in [-0.2, 0) is 5.88 Å². The average molecular weight is 269 g/mol. The van der Waals surface area contributed by atoms with Gasteiger partial charge in [0, 0.05) is 17.5 Å². The van der Waals surface area contributed by atoms with Gasteiger partial charge in [0.15, 0.2) is 0 Å². The molecule has 1 fully saturated rings. The fraction of sp³-hybridized carbons (Fsp3) is 0.714. The molecule has 2 unspecified atom stereocenters. The number of hydrogen-bond acceptors (Lipinski definition) is 3. The SMILES string of the molecule is Cc1nc(OC2CC(C)CC(C)C2)ncc1CCl. The van der Waals surface area contributed by atoms with Crippen molar-refractivity contribution in [1.29, 1.82) is 0 Å². The lowest BCUT2D eigenvalue weighted by Crippen LogP contribution is -2.29. The Morgan fingerprint density at radius 3 is 2.50 bits per heavy atom. The number of rotatable bonds is 3. The van der Waals surface area contributed by atoms with Gasteiger partial charge in [-0.25, -0.2) is 9.97 Å². The van der Waals surface area contributed by atoms with E-state index in [1.807, 2.05) is 6.92 Å². The van der Waals surface area contributed by atoms with Gasteiger partial charge in [-0.3, -0.25) is 0 Å². The normalized spacial score (nSPS) is 28.1. The summed E-state index contributed by atoms with van der Waals surface area (Å²) in [7, 11) is 0. The van der Waals surface area contributed by atoms with Crippen LogP contribution in [0.3, 0.4) is 0 Å². The Hall–Kier alpha value is -0.830. The second-order valence-corrected chi connectivity index (χ2v) is 5.82. The molecule has 0 saturated heterocycles. The van der Waals surface area contributed by atoms with E-state index in [4.69, 9.17) is 16.3 Å². The first-order valence-electron chi connectivity index (χ1n) is 6.63. The lowest BCUT2D eigenvalue weighted by atomic mass is 9.82. The fourth-order valence-electron chi connectivity index (χ4n) is 2.78. The van der Waals surface area contributed by atoms with Crippen molar-refractivity contribution in [1.82, 2.24) is 9.97 Å². The van der Waals surface area contributed by atoms with E-state index in [0.717, 1.165) is 35.9 Å². The number of hydrogen-bond donors (Lipinski definition) is 0. The molecule has 3 nitrogen and oxygen atoms in total. The van der Waals surface area contributed by atoms with Gasteiger partial charge >= 0.3 is 6.01 Å². The van der Waals surface area contributed by atoms with Crippen LogP contribution in [-0.4, -0.2) is 16.1 Å². The topological polar surface area (TPSA) is 35.0 Å². The molecule has 0 amide bonds. The quantitative estimate of drug-likeness (QED) is 0.784. The third kappa shape index (κ3) is 3.35. The van der Waals surface area contributed by atoms with Crippen LogP contribution < -0.4 is 4.74 Å². The second-order valence-electron chi connectivity index (χ2n) is 5.55. The molecule has 100 valence electrons. The molecule has 0 spiro atoms. The smallest absolute Gasteiger partial charge is 0.316 e. The van der Waals surface area contributed by atoms with E-state index in [0.29, 0.717) is 11.9 Å². The van der Waals surface area contributed by atoms with Crippen molar-refractivity contribution in [3.63, 3.8) is 0 Å². The highest BCUT2D eigenvalue weighted by Gasteiger charge is 2.25. The lowest BCUT2D eigenvalue weighted by molar-refractivity contribution is 0.0917. The third-order valence-electron chi connectivity index (χ3n) is 3.61. The van der Waals surface area contributed by atoms with E-state index in [2.05, 4.69) is 23.8 Å². The minimum absolute atomic E-state index is 0.255. The van der Waals surface area contributed by atoms with Gasteiger partial charge in [-0.05, 0) is 38.0 Å². The molecule has 1 saturated carbocycles. The van der Waals surface area contributed by atoms with Crippen LogP contribution >= 0.6 is 11.6 Å². The third-order valence-corrected chi connectivity index (χ3v) is 3.90. The summed E-state index contributed by atoms with van der Waals surface area (Å²) in [4.78, 5) is 8.61. The highest BCUT2D eigenvalue weighted by atomic mass is 35.5. The molecule has 18 heavy (non-hydrogen) atoms. The molecule has 0 bridgehead atoms. The molecule has 1 aliphatic carbocycles. The Balaban J connectivity index is 2.02. The van der Waals surface area contributed by atoms with Crippen LogP contribution in [0, 0.1) is 18.8 Å². The van der Waals surface area contributed by atoms with Crippen molar-refractivity contribution >= 4 is 11.6 Å². The summed E-state index contributed by atoms with van der Waals surface area (Å²) in [6, 6.07) is 0.493. The summed E-state index contributed by atoms with van der Waals surface area (Å²) in [5.41, 5.74) is 1.88. The maximum atomic E-state index is 5.91. The minimum atomic E-state index is 0.255. The number of aromatic nitrogens is 2. The number of halogens is 1. The van der Waals surface area contributed by atoms with Crippen LogP contribution in [0.1, 0.15) is 44.4 Å². The molecule has 2 atom stereocenters. The zero-order valence-electron chi connectivity index (χ0n) is 11.3. The van der Waals surface area contributed by atoms with E-state index in [-0.39, 0.29) is 6.10 Å². The van der Waals surface area contributed by atoms with Crippen LogP contribution in [0.5, 0.6) is 6.01 Å². The highest BCUT2D eigenvalue weighted by Crippen LogP contribution is 2.30. The van der Waals surface area contributed by atoms with E-state index < -0.39 is 0 Å². The number of aryl methyl sites for hydroxylation is 1. The van der Waals surface area contributed by atoms with Crippen LogP contribution in [0.25, 0.3) is 0 Å². The van der Waals surface area contributed by atoms with E-state index >= 15 is 0 Å². The molecule has 0 radical (unpaired) electrons. The highest BCUT2D eigenvalue weighted by molar-refractivity contribution is 6.17. The summed E-state index contributed by atoms with van der Waals surface area (Å²) in [5, 5.41) is 0. The molecule has 2 rings (SSSR count). The Kier molecular flexibility index (Phi) is 4.44. The van der Waals surface area contributed by atoms with E-state index in [1.165, 1.54) is 6.42 Å². The molecule has 0 aliphatic heterocycles. The van der Waals surface area contributed by atoms with E-state index in [9.17, 15) is 0 Å². The summed E-state index contributed by atoms with van der Waals surface area (Å²) in [5.74, 6) is 1.90. The van der Waals surface area contributed by atoms with Crippen LogP contribution in [0.15, 0.2) is 6.20 Å². The maximum absolute atomic E-state index is 5.91. The Morgan fingerprint density at radius 2 is 1.94 bits per heavy atom. The maximum Gasteiger partial charge on any atom is 0.316 e. The molecule has 0 N–H and O–H groups in total. The largest absolute Gasteiger partial charge is 0.460 e. The summed E-state index contributed by atoms with van der Waals surface area (Å²) in [6.07, 6.45) is 5.52. The molecular formula is C14H21ClN2O. The Labute approximate surface area is 114 Å². The van der Waals surface area contributed by atoms with Gasteiger partial charge < -0.3 is 4.74 Å². The number of nitrogens with zero attached hydrogens (tertiary/aromatic N) is 2. The Bertz CT molecular complexity index is 401. The molecule has 1 aliphatic rings. The van der Waals surface area contributed by atoms with E-state index in [1.54, 1.807) is 6.20 Å². The van der Waals surface area contributed by atoms with Crippen molar-refractivity contribution in [2.45, 2.75) is 52.0 Å². The van der Waals surface area contributed by atoms with Crippen molar-refractivity contribution < 1.29 is 4.74 Å². The molecule has 1 heterocycles. The first-order chi connectivity index (χ1) is 8.58. The lowest BCUT2D eigenvalue weighted by Gasteiger charge is -2.31. The minimum Gasteiger partial charge on any atom is -0.460 e. The van der Waals surface area contributed by atoms with Gasteiger partial charge in [0.05, 0.1) is 5.88 Å². The molecular weight excluding hydrogens is 248 g/mol. The van der Waals surface area contributed by atoms with Crippen molar-refractivity contribution in [3.05, 3.63) is 17.5 Å². The number of alkyl halides is 1. The predicted octanol–water partition coefficient (Wildman–Crippen LogP) is 3.73. The van der Waals surface area contributed by atoms with Gasteiger partial charge in [-0.1, -0.05) is 13.8 Å². The average Bonchev–Trinajstić information content (AvgIpc) is 2.27. The standard InChI is InChI=1S/C14H21ClN2O/c1-9-4-10(2)6-13(5-9)18-14-16-8-12(7-15)11(3)17-14/h8-10,13H,4-7H2,1-3H3. The van der Waals surface area contributed by atoms with Crippen LogP contribution in [0.4, 0.5) is 0 Å². The molecule has 1 aromatic rings. The first-order valence-corrected chi connectivity index (χ1v) is 7.17. The van der Waals surface area contributed by atoms with Gasteiger partial charge in [-0.15, -0.1) is 11.6 Å². The molecule has 1 aromatic heterocycles. The second kappa shape index (κ2) is 5.87. The monoisotopic (exact) mass is 268 g/mol. The van der Waals surface area contributed by atoms with Gasteiger partial charge in [0.1, 0.15) is 6.10 Å². The predicted molar refractivity (Wildman–Crippen MR) is 72.9 cm³/mol. The zero-order chi connectivity index (χ0) is 13.1. The van der Waals surface area contributed by atoms with Crippen LogP contribution in [0.2, 0.25) is 0 Å². The van der Waals surface area contributed by atoms with Gasteiger partial charge in [0.25, 0.3) is 0 Å². The fourth-order valence-corrected chi connectivity index (χ4v) is 3.04. The summed E-state index contributed by atoms with van der Waals surface area (Å²) < 4.78 is 5.91. The van der Waals surface area contributed by atoms with Crippen molar-refractivity contribution in [2.75, 3.05) is 0 Å². The summed E-state index contributed by atoms with van der Waals surface area (Å²) >= 11 is 5.79. The molecule has 0 aromatic carbocycles. The Morgan fingerprint density at radius 1 is 1.28 bits per heavy atom. The summed E-state index contributed by atoms with van der Waals surface area (Å²) in [6.45, 7) is 6.52.